The highest BCUT2D eigenvalue weighted by Gasteiger charge is 2.59. The van der Waals surface area contributed by atoms with Gasteiger partial charge in [0, 0.05) is 25.0 Å². The van der Waals surface area contributed by atoms with Crippen LogP contribution in [0.4, 0.5) is 0 Å². The van der Waals surface area contributed by atoms with E-state index >= 15 is 0 Å². The molecule has 1 amide bonds. The first-order valence-electron chi connectivity index (χ1n) is 17.4. The van der Waals surface area contributed by atoms with Crippen molar-refractivity contribution < 1.29 is 63.9 Å². The summed E-state index contributed by atoms with van der Waals surface area (Å²) >= 11 is 0. The van der Waals surface area contributed by atoms with Crippen molar-refractivity contribution in [3.8, 4) is 0 Å². The summed E-state index contributed by atoms with van der Waals surface area (Å²) < 4.78 is 35.9. The Morgan fingerprint density at radius 1 is 0.882 bits per heavy atom. The van der Waals surface area contributed by atoms with Gasteiger partial charge < -0.3 is 104 Å². The number of carbonyl (C=O) groups excluding carboxylic acids is 1. The maximum Gasteiger partial charge on any atom is 0.253 e. The van der Waals surface area contributed by atoms with Crippen molar-refractivity contribution in [2.45, 2.75) is 135 Å². The Balaban J connectivity index is 1.33. The molecule has 0 bridgehead atoms. The lowest BCUT2D eigenvalue weighted by Gasteiger charge is -2.46. The molecule has 2 unspecified atom stereocenters. The van der Waals surface area contributed by atoms with E-state index in [1.165, 1.54) is 0 Å². The van der Waals surface area contributed by atoms with Crippen LogP contribution in [0.3, 0.4) is 0 Å². The number of aliphatic hydroxyl groups is 6. The zero-order chi connectivity index (χ0) is 37.2. The summed E-state index contributed by atoms with van der Waals surface area (Å²) in [5, 5.41) is 70.2. The zero-order valence-corrected chi connectivity index (χ0v) is 28.3. The molecule has 2 aliphatic carbocycles. The van der Waals surface area contributed by atoms with E-state index in [2.05, 4.69) is 10.6 Å². The minimum Gasteiger partial charge on any atom is -0.467 e. The lowest BCUT2D eigenvalue weighted by atomic mass is 9.83. The Morgan fingerprint density at radius 2 is 1.55 bits per heavy atom. The van der Waals surface area contributed by atoms with Crippen LogP contribution in [0.15, 0.2) is 11.8 Å². The quantitative estimate of drug-likeness (QED) is 0.0694. The Bertz CT molecular complexity index is 1190. The minimum absolute atomic E-state index is 0.0273. The van der Waals surface area contributed by atoms with E-state index in [1.54, 1.807) is 0 Å². The first-order chi connectivity index (χ1) is 24.2. The molecule has 18 atom stereocenters. The van der Waals surface area contributed by atoms with Crippen molar-refractivity contribution in [3.63, 3.8) is 0 Å². The van der Waals surface area contributed by atoms with Gasteiger partial charge >= 0.3 is 0 Å². The van der Waals surface area contributed by atoms with Gasteiger partial charge in [-0.15, -0.1) is 0 Å². The van der Waals surface area contributed by atoms with E-state index in [9.17, 15) is 35.4 Å². The molecule has 294 valence electrons. The van der Waals surface area contributed by atoms with Gasteiger partial charge in [-0.3, -0.25) is 4.79 Å². The van der Waals surface area contributed by atoms with E-state index in [4.69, 9.17) is 62.8 Å². The molecule has 3 aliphatic heterocycles. The van der Waals surface area contributed by atoms with Crippen LogP contribution in [0.5, 0.6) is 0 Å². The van der Waals surface area contributed by atoms with Crippen molar-refractivity contribution >= 4 is 5.91 Å². The summed E-state index contributed by atoms with van der Waals surface area (Å²) in [6.45, 7) is 0.722. The molecule has 20 N–H and O–H groups in total. The lowest BCUT2D eigenvalue weighted by Crippen LogP contribution is -2.67. The van der Waals surface area contributed by atoms with E-state index in [1.807, 2.05) is 6.08 Å². The van der Waals surface area contributed by atoms with E-state index < -0.39 is 122 Å². The predicted octanol–water partition coefficient (Wildman–Crippen LogP) is -8.11. The molecule has 0 aromatic heterocycles. The normalized spacial score (nSPS) is 47.1. The third-order valence-electron chi connectivity index (χ3n) is 10.1. The third kappa shape index (κ3) is 8.82. The van der Waals surface area contributed by atoms with Crippen LogP contribution in [-0.4, -0.2) is 179 Å². The average Bonchev–Trinajstić information content (AvgIpc) is 3.63. The maximum atomic E-state index is 12.9. The van der Waals surface area contributed by atoms with E-state index in [-0.39, 0.29) is 19.4 Å². The summed E-state index contributed by atoms with van der Waals surface area (Å²) in [6, 6.07) is -4.66. The second-order valence-electron chi connectivity index (χ2n) is 13.9. The Hall–Kier alpha value is -1.71. The average molecular weight is 737 g/mol. The fourth-order valence-corrected chi connectivity index (χ4v) is 6.76. The fraction of sp³-hybridized carbons (Fsp3) is 0.900. The van der Waals surface area contributed by atoms with Crippen LogP contribution in [0.2, 0.25) is 0 Å². The van der Waals surface area contributed by atoms with Crippen molar-refractivity contribution in [2.24, 2.45) is 34.4 Å². The number of ether oxygens (including phenoxy) is 6. The van der Waals surface area contributed by atoms with Gasteiger partial charge in [0.2, 0.25) is 6.29 Å². The van der Waals surface area contributed by atoms with Gasteiger partial charge in [0.1, 0.15) is 60.7 Å². The minimum atomic E-state index is -1.80. The van der Waals surface area contributed by atoms with E-state index in [0.717, 1.165) is 6.42 Å². The maximum absolute atomic E-state index is 12.9. The molecule has 0 aromatic rings. The van der Waals surface area contributed by atoms with Gasteiger partial charge in [0.25, 0.3) is 5.91 Å². The van der Waals surface area contributed by atoms with Gasteiger partial charge in [-0.05, 0) is 38.4 Å². The SMILES string of the molecule is NCCCNCC1=CC[C@@H](N)[C@@H](O[C@H]2[C@H](O[C@@H]3O[C@H](CO)[C@@H](O[C@H]4O[C@@H](CN)[C@@H](O)[C@H](O)[C@H]4N)[C@H]3O)[C@@H](O)[C@H](NC(=O)C3(O)CC3N)C[C@@H]2N)O1. The van der Waals surface area contributed by atoms with Crippen LogP contribution in [-0.2, 0) is 33.2 Å². The summed E-state index contributed by atoms with van der Waals surface area (Å²) in [7, 11) is 0. The molecule has 2 saturated heterocycles. The van der Waals surface area contributed by atoms with Crippen LogP contribution in [0.25, 0.3) is 0 Å². The zero-order valence-electron chi connectivity index (χ0n) is 28.3. The molecular weight excluding hydrogens is 680 g/mol. The molecule has 5 aliphatic rings. The third-order valence-corrected chi connectivity index (χ3v) is 10.1. The number of rotatable bonds is 15. The standard InChI is InChI=1S/C30H56N8O13/c31-4-1-5-37-9-11-2-3-12(33)26(46-11)49-23-13(34)6-14(38-29(44)30(45)7-17(30)35)19(40)25(23)51-28-22(43)24(16(10-39)48-28)50-27-18(36)21(42)20(41)15(8-32)47-27/h2,12-28,37,39-43,45H,1,3-10,31-36H2,(H,38,44)/t12-,13+,14-,15+,16-,17?,18-,19+,20-,21-,22-,23-,24-,25-,26-,27-,28+,30?/m1/s1. The van der Waals surface area contributed by atoms with Crippen LogP contribution >= 0.6 is 0 Å². The molecule has 21 heteroatoms. The number of nitrogens with one attached hydrogen (secondary N) is 2. The molecule has 51 heavy (non-hydrogen) atoms. The Kier molecular flexibility index (Phi) is 13.6. The summed E-state index contributed by atoms with van der Waals surface area (Å²) in [4.78, 5) is 12.9. The van der Waals surface area contributed by atoms with Gasteiger partial charge in [0.15, 0.2) is 18.2 Å². The van der Waals surface area contributed by atoms with E-state index in [0.29, 0.717) is 31.8 Å². The first kappa shape index (κ1) is 40.5. The second kappa shape index (κ2) is 17.2. The van der Waals surface area contributed by atoms with Gasteiger partial charge in [-0.25, -0.2) is 0 Å². The van der Waals surface area contributed by atoms with Crippen LogP contribution in [0, 0.1) is 0 Å². The Morgan fingerprint density at radius 3 is 2.20 bits per heavy atom. The van der Waals surface area contributed by atoms with Crippen LogP contribution in [0.1, 0.15) is 25.7 Å². The molecule has 2 saturated carbocycles. The Labute approximate surface area is 294 Å². The second-order valence-corrected chi connectivity index (χ2v) is 13.9. The predicted molar refractivity (Wildman–Crippen MR) is 174 cm³/mol. The molecule has 0 aromatic carbocycles. The highest BCUT2D eigenvalue weighted by atomic mass is 16.8. The van der Waals surface area contributed by atoms with Crippen molar-refractivity contribution in [2.75, 3.05) is 32.8 Å². The lowest BCUT2D eigenvalue weighted by molar-refractivity contribution is -0.282. The van der Waals surface area contributed by atoms with Crippen molar-refractivity contribution in [1.29, 1.82) is 0 Å². The smallest absolute Gasteiger partial charge is 0.253 e. The molecule has 4 fully saturated rings. The first-order valence-corrected chi connectivity index (χ1v) is 17.4. The molecule has 3 heterocycles. The monoisotopic (exact) mass is 736 g/mol. The number of amides is 1. The number of carbonyl (C=O) groups is 1. The van der Waals surface area contributed by atoms with Gasteiger partial charge in [0.05, 0.1) is 31.3 Å². The topological polar surface area (TPSA) is 374 Å². The summed E-state index contributed by atoms with van der Waals surface area (Å²) in [5.41, 5.74) is 34.2. The number of hydrogen-bond donors (Lipinski definition) is 14. The fourth-order valence-electron chi connectivity index (χ4n) is 6.76. The number of hydrogen-bond acceptors (Lipinski definition) is 20. The summed E-state index contributed by atoms with van der Waals surface area (Å²) in [5.74, 6) is -0.227. The van der Waals surface area contributed by atoms with Gasteiger partial charge in [-0.2, -0.15) is 0 Å². The molecule has 0 spiro atoms. The van der Waals surface area contributed by atoms with Crippen LogP contribution < -0.4 is 45.0 Å². The number of aliphatic hydroxyl groups excluding tert-OH is 5. The van der Waals surface area contributed by atoms with Crippen molar-refractivity contribution in [3.05, 3.63) is 11.8 Å². The molecule has 0 radical (unpaired) electrons. The van der Waals surface area contributed by atoms with Crippen molar-refractivity contribution in [1.82, 2.24) is 10.6 Å². The highest BCUT2D eigenvalue weighted by molar-refractivity contribution is 5.89. The molecule has 5 rings (SSSR count). The largest absolute Gasteiger partial charge is 0.467 e. The highest BCUT2D eigenvalue weighted by Crippen LogP contribution is 2.37. The molecule has 21 nitrogen and oxygen atoms in total. The molecular formula is C30H56N8O13. The summed E-state index contributed by atoms with van der Waals surface area (Å²) in [6.07, 6.45) is -13.2. The number of nitrogens with two attached hydrogens (primary N) is 6. The van der Waals surface area contributed by atoms with Gasteiger partial charge in [-0.1, -0.05) is 0 Å².